The molecule has 0 saturated carbocycles. The Balaban J connectivity index is 2.68. The van der Waals surface area contributed by atoms with Crippen molar-refractivity contribution >= 4 is 40.9 Å². The van der Waals surface area contributed by atoms with Crippen molar-refractivity contribution in [3.8, 4) is 5.75 Å². The molecule has 0 unspecified atom stereocenters. The minimum absolute atomic E-state index is 0.0228. The van der Waals surface area contributed by atoms with Gasteiger partial charge in [0.25, 0.3) is 0 Å². The van der Waals surface area contributed by atoms with Crippen molar-refractivity contribution in [3.05, 3.63) is 23.2 Å². The fourth-order valence-electron chi connectivity index (χ4n) is 1.27. The van der Waals surface area contributed by atoms with E-state index >= 15 is 0 Å². The van der Waals surface area contributed by atoms with E-state index in [2.05, 4.69) is 5.32 Å². The van der Waals surface area contributed by atoms with E-state index in [1.807, 2.05) is 0 Å². The first kappa shape index (κ1) is 16.7. The number of amides is 1. The second-order valence-corrected chi connectivity index (χ2v) is 6.53. The van der Waals surface area contributed by atoms with Gasteiger partial charge in [0.15, 0.2) is 0 Å². The number of rotatable bonds is 6. The van der Waals surface area contributed by atoms with Gasteiger partial charge in [-0.1, -0.05) is 11.6 Å². The molecular formula is C13H16ClNO4S. The first-order chi connectivity index (χ1) is 9.26. The first-order valence-corrected chi connectivity index (χ1v) is 7.13. The van der Waals surface area contributed by atoms with Crippen molar-refractivity contribution in [2.75, 3.05) is 18.2 Å². The fraction of sp³-hybridized carbons (Fsp3) is 0.385. The monoisotopic (exact) mass is 317 g/mol. The van der Waals surface area contributed by atoms with E-state index in [1.165, 1.54) is 7.11 Å². The van der Waals surface area contributed by atoms with Crippen LogP contribution in [-0.4, -0.2) is 34.6 Å². The predicted octanol–water partition coefficient (Wildman–Crippen LogP) is 2.88. The van der Waals surface area contributed by atoms with Crippen molar-refractivity contribution in [3.63, 3.8) is 0 Å². The molecule has 0 saturated heterocycles. The van der Waals surface area contributed by atoms with Gasteiger partial charge >= 0.3 is 5.97 Å². The van der Waals surface area contributed by atoms with Crippen LogP contribution in [0.1, 0.15) is 13.8 Å². The molecule has 0 radical (unpaired) electrons. The van der Waals surface area contributed by atoms with Gasteiger partial charge in [0.1, 0.15) is 10.5 Å². The largest absolute Gasteiger partial charge is 0.495 e. The van der Waals surface area contributed by atoms with E-state index in [0.29, 0.717) is 16.5 Å². The molecule has 0 aliphatic rings. The maximum atomic E-state index is 11.8. The molecule has 0 bridgehead atoms. The maximum Gasteiger partial charge on any atom is 0.319 e. The van der Waals surface area contributed by atoms with Crippen LogP contribution in [0.5, 0.6) is 5.75 Å². The SMILES string of the molecule is COc1ccc(Cl)cc1NC(=O)CSC(C)(C)C(=O)O. The minimum Gasteiger partial charge on any atom is -0.495 e. The number of carbonyl (C=O) groups is 2. The van der Waals surface area contributed by atoms with Crippen LogP contribution in [0.3, 0.4) is 0 Å². The van der Waals surface area contributed by atoms with Crippen LogP contribution >= 0.6 is 23.4 Å². The average molecular weight is 318 g/mol. The van der Waals surface area contributed by atoms with Crippen molar-refractivity contribution in [1.29, 1.82) is 0 Å². The normalized spacial score (nSPS) is 11.0. The summed E-state index contributed by atoms with van der Waals surface area (Å²) in [5.74, 6) is -0.764. The van der Waals surface area contributed by atoms with Crippen LogP contribution < -0.4 is 10.1 Å². The van der Waals surface area contributed by atoms with E-state index in [4.69, 9.17) is 21.4 Å². The van der Waals surface area contributed by atoms with Crippen LogP contribution in [0.15, 0.2) is 18.2 Å². The predicted molar refractivity (Wildman–Crippen MR) is 80.8 cm³/mol. The Morgan fingerprint density at radius 3 is 2.65 bits per heavy atom. The number of carboxylic acid groups (broad SMARTS) is 1. The molecule has 1 aromatic carbocycles. The van der Waals surface area contributed by atoms with E-state index in [9.17, 15) is 9.59 Å². The summed E-state index contributed by atoms with van der Waals surface area (Å²) in [4.78, 5) is 22.8. The van der Waals surface area contributed by atoms with E-state index < -0.39 is 10.7 Å². The van der Waals surface area contributed by atoms with Gasteiger partial charge in [-0.3, -0.25) is 9.59 Å². The quantitative estimate of drug-likeness (QED) is 0.843. The number of hydrogen-bond donors (Lipinski definition) is 2. The molecule has 0 spiro atoms. The van der Waals surface area contributed by atoms with E-state index in [1.54, 1.807) is 32.0 Å². The Labute approximate surface area is 126 Å². The van der Waals surface area contributed by atoms with Crippen molar-refractivity contribution in [2.24, 2.45) is 0 Å². The lowest BCUT2D eigenvalue weighted by Crippen LogP contribution is -2.29. The number of methoxy groups -OCH3 is 1. The van der Waals surface area contributed by atoms with E-state index in [0.717, 1.165) is 11.8 Å². The Morgan fingerprint density at radius 1 is 1.45 bits per heavy atom. The molecule has 5 nitrogen and oxygen atoms in total. The van der Waals surface area contributed by atoms with Gasteiger partial charge in [-0.25, -0.2) is 0 Å². The Hall–Kier alpha value is -1.40. The number of aliphatic carboxylic acids is 1. The number of halogens is 1. The Kier molecular flexibility index (Phi) is 5.71. The third-order valence-electron chi connectivity index (χ3n) is 2.51. The third-order valence-corrected chi connectivity index (χ3v) is 4.05. The van der Waals surface area contributed by atoms with Gasteiger partial charge in [-0.2, -0.15) is 0 Å². The molecule has 7 heteroatoms. The minimum atomic E-state index is -1.02. The molecule has 0 fully saturated rings. The highest BCUT2D eigenvalue weighted by molar-refractivity contribution is 8.02. The molecule has 1 rings (SSSR count). The fourth-order valence-corrected chi connectivity index (χ4v) is 2.13. The van der Waals surface area contributed by atoms with Crippen LogP contribution in [0.4, 0.5) is 5.69 Å². The summed E-state index contributed by atoms with van der Waals surface area (Å²) in [6, 6.07) is 4.87. The summed E-state index contributed by atoms with van der Waals surface area (Å²) >= 11 is 6.91. The second kappa shape index (κ2) is 6.85. The van der Waals surface area contributed by atoms with Crippen LogP contribution in [0.2, 0.25) is 5.02 Å². The number of carboxylic acids is 1. The number of carbonyl (C=O) groups excluding carboxylic acids is 1. The van der Waals surface area contributed by atoms with Crippen LogP contribution in [-0.2, 0) is 9.59 Å². The average Bonchev–Trinajstić information content (AvgIpc) is 2.36. The van der Waals surface area contributed by atoms with Crippen molar-refractivity contribution < 1.29 is 19.4 Å². The molecule has 0 aromatic heterocycles. The third kappa shape index (κ3) is 4.61. The highest BCUT2D eigenvalue weighted by Gasteiger charge is 2.28. The molecule has 0 aliphatic heterocycles. The highest BCUT2D eigenvalue weighted by Crippen LogP contribution is 2.29. The van der Waals surface area contributed by atoms with Gasteiger partial charge in [-0.05, 0) is 32.0 Å². The lowest BCUT2D eigenvalue weighted by Gasteiger charge is -2.18. The number of nitrogens with one attached hydrogen (secondary N) is 1. The molecule has 20 heavy (non-hydrogen) atoms. The summed E-state index contributed by atoms with van der Waals surface area (Å²) in [5.41, 5.74) is 0.457. The molecular weight excluding hydrogens is 302 g/mol. The highest BCUT2D eigenvalue weighted by atomic mass is 35.5. The topological polar surface area (TPSA) is 75.6 Å². The standard InChI is InChI=1S/C13H16ClNO4S/c1-13(2,12(17)18)20-7-11(16)15-9-6-8(14)4-5-10(9)19-3/h4-6H,7H2,1-3H3,(H,15,16)(H,17,18). The van der Waals surface area contributed by atoms with Gasteiger partial charge in [0, 0.05) is 5.02 Å². The lowest BCUT2D eigenvalue weighted by atomic mass is 10.2. The smallest absolute Gasteiger partial charge is 0.319 e. The maximum absolute atomic E-state index is 11.8. The van der Waals surface area contributed by atoms with Crippen molar-refractivity contribution in [2.45, 2.75) is 18.6 Å². The van der Waals surface area contributed by atoms with Gasteiger partial charge < -0.3 is 15.2 Å². The molecule has 1 aromatic rings. The second-order valence-electron chi connectivity index (χ2n) is 4.50. The Morgan fingerprint density at radius 2 is 2.10 bits per heavy atom. The van der Waals surface area contributed by atoms with Crippen LogP contribution in [0, 0.1) is 0 Å². The van der Waals surface area contributed by atoms with Gasteiger partial charge in [0.2, 0.25) is 5.91 Å². The van der Waals surface area contributed by atoms with Gasteiger partial charge in [0.05, 0.1) is 18.6 Å². The number of thioether (sulfide) groups is 1. The molecule has 110 valence electrons. The van der Waals surface area contributed by atoms with Gasteiger partial charge in [-0.15, -0.1) is 11.8 Å². The summed E-state index contributed by atoms with van der Waals surface area (Å²) < 4.78 is 4.09. The number of ether oxygens (including phenoxy) is 1. The molecule has 2 N–H and O–H groups in total. The van der Waals surface area contributed by atoms with Crippen LogP contribution in [0.25, 0.3) is 0 Å². The first-order valence-electron chi connectivity index (χ1n) is 5.77. The number of hydrogen-bond acceptors (Lipinski definition) is 4. The summed E-state index contributed by atoms with van der Waals surface area (Å²) in [6.45, 7) is 3.10. The van der Waals surface area contributed by atoms with E-state index in [-0.39, 0.29) is 11.7 Å². The zero-order valence-corrected chi connectivity index (χ0v) is 13.0. The zero-order chi connectivity index (χ0) is 15.3. The Bertz CT molecular complexity index is 519. The number of anilines is 1. The summed E-state index contributed by atoms with van der Waals surface area (Å²) in [5, 5.41) is 12.1. The number of benzene rings is 1. The summed E-state index contributed by atoms with van der Waals surface area (Å²) in [7, 11) is 1.49. The summed E-state index contributed by atoms with van der Waals surface area (Å²) in [6.07, 6.45) is 0. The zero-order valence-electron chi connectivity index (χ0n) is 11.4. The molecule has 0 atom stereocenters. The molecule has 0 aliphatic carbocycles. The molecule has 1 amide bonds. The lowest BCUT2D eigenvalue weighted by molar-refractivity contribution is -0.138. The molecule has 0 heterocycles. The van der Waals surface area contributed by atoms with Crippen molar-refractivity contribution in [1.82, 2.24) is 0 Å².